The number of hydrogen-bond donors (Lipinski definition) is 3. The van der Waals surface area contributed by atoms with Crippen molar-refractivity contribution in [3.63, 3.8) is 0 Å². The van der Waals surface area contributed by atoms with Crippen molar-refractivity contribution in [1.82, 2.24) is 29.8 Å². The molecule has 1 fully saturated rings. The third-order valence-corrected chi connectivity index (χ3v) is 6.72. The van der Waals surface area contributed by atoms with E-state index >= 15 is 0 Å². The van der Waals surface area contributed by atoms with Crippen LogP contribution in [0.1, 0.15) is 34.6 Å². The van der Waals surface area contributed by atoms with Gasteiger partial charge in [0.15, 0.2) is 11.5 Å². The molecule has 0 unspecified atom stereocenters. The Morgan fingerprint density at radius 2 is 1.97 bits per heavy atom. The van der Waals surface area contributed by atoms with Crippen LogP contribution in [-0.2, 0) is 0 Å². The average molecular weight is 504 g/mol. The Bertz CT molecular complexity index is 1810. The van der Waals surface area contributed by atoms with E-state index in [1.807, 2.05) is 61.5 Å². The van der Waals surface area contributed by atoms with Crippen molar-refractivity contribution in [3.8, 4) is 17.5 Å². The number of carbonyl (C=O) groups is 1. The third-order valence-electron chi connectivity index (χ3n) is 6.72. The van der Waals surface area contributed by atoms with E-state index < -0.39 is 11.9 Å². The van der Waals surface area contributed by atoms with Gasteiger partial charge in [-0.05, 0) is 42.6 Å². The summed E-state index contributed by atoms with van der Waals surface area (Å²) < 4.78 is 3.11. The van der Waals surface area contributed by atoms with E-state index in [0.717, 1.165) is 18.5 Å². The van der Waals surface area contributed by atoms with Crippen LogP contribution in [0.2, 0.25) is 0 Å². The highest BCUT2D eigenvalue weighted by molar-refractivity contribution is 6.04. The lowest BCUT2D eigenvalue weighted by Gasteiger charge is -2.22. The van der Waals surface area contributed by atoms with Crippen molar-refractivity contribution in [2.75, 3.05) is 18.8 Å². The molecule has 6 rings (SSSR count). The number of rotatable bonds is 4. The maximum atomic E-state index is 14.1. The minimum Gasteiger partial charge on any atom is -0.381 e. The van der Waals surface area contributed by atoms with Crippen molar-refractivity contribution in [1.29, 1.82) is 0 Å². The second kappa shape index (κ2) is 9.50. The van der Waals surface area contributed by atoms with Gasteiger partial charge in [0.2, 0.25) is 0 Å². The molecule has 5 aromatic rings. The molecule has 4 heterocycles. The first-order chi connectivity index (χ1) is 18.5. The van der Waals surface area contributed by atoms with E-state index in [2.05, 4.69) is 32.6 Å². The molecule has 0 saturated carbocycles. The van der Waals surface area contributed by atoms with Crippen LogP contribution in [0.5, 0.6) is 0 Å². The van der Waals surface area contributed by atoms with Gasteiger partial charge in [0.05, 0.1) is 11.4 Å². The average Bonchev–Trinajstić information content (AvgIpc) is 3.23. The van der Waals surface area contributed by atoms with Crippen LogP contribution < -0.4 is 21.9 Å². The highest BCUT2D eigenvalue weighted by Crippen LogP contribution is 2.24. The number of nitrogens with zero attached hydrogens (tertiary/aromatic N) is 4. The molecule has 0 radical (unpaired) electrons. The molecule has 2 aromatic carbocycles. The Balaban J connectivity index is 1.47. The van der Waals surface area contributed by atoms with Gasteiger partial charge in [-0.25, -0.2) is 9.50 Å². The summed E-state index contributed by atoms with van der Waals surface area (Å²) in [6.45, 7) is 3.56. The van der Waals surface area contributed by atoms with Crippen molar-refractivity contribution in [2.24, 2.45) is 5.92 Å². The van der Waals surface area contributed by atoms with E-state index in [9.17, 15) is 9.59 Å². The number of aromatic nitrogens is 4. The number of amides is 1. The van der Waals surface area contributed by atoms with Crippen LogP contribution in [0.25, 0.3) is 22.1 Å². The molecule has 9 heteroatoms. The van der Waals surface area contributed by atoms with E-state index in [-0.39, 0.29) is 22.9 Å². The summed E-state index contributed by atoms with van der Waals surface area (Å²) in [7, 11) is 0. The first-order valence-electron chi connectivity index (χ1n) is 12.4. The highest BCUT2D eigenvalue weighted by atomic mass is 16.2. The molecule has 38 heavy (non-hydrogen) atoms. The summed E-state index contributed by atoms with van der Waals surface area (Å²) in [4.78, 5) is 31.7. The molecular formula is C29H25N7O2. The fourth-order valence-corrected chi connectivity index (χ4v) is 4.68. The Morgan fingerprint density at radius 3 is 2.74 bits per heavy atom. The van der Waals surface area contributed by atoms with Crippen LogP contribution in [0.15, 0.2) is 77.9 Å². The Labute approximate surface area is 218 Å². The van der Waals surface area contributed by atoms with Gasteiger partial charge in [0.1, 0.15) is 5.56 Å². The van der Waals surface area contributed by atoms with Gasteiger partial charge < -0.3 is 16.4 Å². The quantitative estimate of drug-likeness (QED) is 0.325. The van der Waals surface area contributed by atoms with E-state index in [4.69, 9.17) is 5.73 Å². The smallest absolute Gasteiger partial charge is 0.264 e. The molecule has 0 spiro atoms. The van der Waals surface area contributed by atoms with Gasteiger partial charge in [-0.3, -0.25) is 14.2 Å². The van der Waals surface area contributed by atoms with Crippen molar-refractivity contribution in [3.05, 3.63) is 100 Å². The SMILES string of the molecule is C[C@@H](NC(=O)c1c(N)nn2cccnc12)c1cc2cccc(C#CC3CNC3)c2c(=O)n1-c1ccccc1. The second-order valence-corrected chi connectivity index (χ2v) is 9.28. The molecule has 0 bridgehead atoms. The monoisotopic (exact) mass is 503 g/mol. The molecule has 0 aliphatic carbocycles. The van der Waals surface area contributed by atoms with Gasteiger partial charge in [-0.1, -0.05) is 42.2 Å². The molecule has 9 nitrogen and oxygen atoms in total. The number of hydrogen-bond acceptors (Lipinski definition) is 6. The highest BCUT2D eigenvalue weighted by Gasteiger charge is 2.24. The zero-order valence-electron chi connectivity index (χ0n) is 20.7. The van der Waals surface area contributed by atoms with Gasteiger partial charge in [-0.15, -0.1) is 5.10 Å². The number of fused-ring (bicyclic) bond motifs is 2. The van der Waals surface area contributed by atoms with Gasteiger partial charge >= 0.3 is 0 Å². The van der Waals surface area contributed by atoms with Gasteiger partial charge in [-0.2, -0.15) is 0 Å². The van der Waals surface area contributed by atoms with Crippen LogP contribution in [0, 0.1) is 17.8 Å². The molecule has 1 amide bonds. The molecule has 1 atom stereocenters. The van der Waals surface area contributed by atoms with Crippen LogP contribution in [-0.4, -0.2) is 38.2 Å². The first kappa shape index (κ1) is 23.5. The molecule has 4 N–H and O–H groups in total. The molecule has 1 aliphatic heterocycles. The van der Waals surface area contributed by atoms with E-state index in [1.165, 1.54) is 4.52 Å². The number of nitrogens with two attached hydrogens (primary N) is 1. The third kappa shape index (κ3) is 4.07. The molecule has 1 aliphatic rings. The Kier molecular flexibility index (Phi) is 5.86. The lowest BCUT2D eigenvalue weighted by Crippen LogP contribution is -2.40. The first-order valence-corrected chi connectivity index (χ1v) is 12.4. The normalized spacial score (nSPS) is 14.0. The maximum absolute atomic E-state index is 14.1. The number of para-hydroxylation sites is 1. The lowest BCUT2D eigenvalue weighted by molar-refractivity contribution is 0.0941. The number of nitrogen functional groups attached to an aromatic ring is 1. The predicted octanol–water partition coefficient (Wildman–Crippen LogP) is 2.68. The number of carbonyl (C=O) groups excluding carboxylic acids is 1. The van der Waals surface area contributed by atoms with Crippen LogP contribution in [0.3, 0.4) is 0 Å². The maximum Gasteiger partial charge on any atom is 0.264 e. The Hall–Kier alpha value is -4.94. The van der Waals surface area contributed by atoms with Crippen molar-refractivity contribution in [2.45, 2.75) is 13.0 Å². The summed E-state index contributed by atoms with van der Waals surface area (Å²) in [5, 5.41) is 11.7. The number of anilines is 1. The van der Waals surface area contributed by atoms with Crippen LogP contribution in [0.4, 0.5) is 5.82 Å². The standard InChI is InChI=1S/C29H25N7O2/c1-18(33-28(37)25-26(30)34-35-14-6-13-32-27(25)35)23-15-21-8-5-7-20(12-11-19-16-31-17-19)24(21)29(38)36(23)22-9-3-2-4-10-22/h2-10,13-15,18-19,31H,16-17H2,1H3,(H2,30,34)(H,33,37)/t18-/m1/s1. The van der Waals surface area contributed by atoms with Crippen molar-refractivity contribution >= 4 is 28.1 Å². The minimum atomic E-state index is -0.548. The lowest BCUT2D eigenvalue weighted by atomic mass is 10.0. The Morgan fingerprint density at radius 1 is 1.16 bits per heavy atom. The number of pyridine rings is 1. The summed E-state index contributed by atoms with van der Waals surface area (Å²) in [6.07, 6.45) is 3.26. The largest absolute Gasteiger partial charge is 0.381 e. The number of nitrogens with one attached hydrogen (secondary N) is 2. The fraction of sp³-hybridized carbons (Fsp3) is 0.172. The predicted molar refractivity (Wildman–Crippen MR) is 146 cm³/mol. The zero-order chi connectivity index (χ0) is 26.2. The zero-order valence-corrected chi connectivity index (χ0v) is 20.7. The fourth-order valence-electron chi connectivity index (χ4n) is 4.68. The topological polar surface area (TPSA) is 119 Å². The van der Waals surface area contributed by atoms with Gasteiger partial charge in [0.25, 0.3) is 11.5 Å². The summed E-state index contributed by atoms with van der Waals surface area (Å²) in [6, 6.07) is 18.1. The minimum absolute atomic E-state index is 0.0808. The summed E-state index contributed by atoms with van der Waals surface area (Å²) >= 11 is 0. The summed E-state index contributed by atoms with van der Waals surface area (Å²) in [5.41, 5.74) is 8.43. The van der Waals surface area contributed by atoms with Gasteiger partial charge in [0, 0.05) is 48.3 Å². The number of benzene rings is 2. The van der Waals surface area contributed by atoms with E-state index in [0.29, 0.717) is 28.0 Å². The van der Waals surface area contributed by atoms with E-state index in [1.54, 1.807) is 23.0 Å². The molecular weight excluding hydrogens is 478 g/mol. The summed E-state index contributed by atoms with van der Waals surface area (Å²) in [5.74, 6) is 6.44. The van der Waals surface area contributed by atoms with Crippen molar-refractivity contribution < 1.29 is 4.79 Å². The van der Waals surface area contributed by atoms with Crippen LogP contribution >= 0.6 is 0 Å². The molecule has 188 valence electrons. The molecule has 1 saturated heterocycles. The molecule has 3 aromatic heterocycles. The second-order valence-electron chi connectivity index (χ2n) is 9.28.